The first-order chi connectivity index (χ1) is 17.4. The van der Waals surface area contributed by atoms with Crippen LogP contribution in [0.1, 0.15) is 76.6 Å². The van der Waals surface area contributed by atoms with Crippen molar-refractivity contribution in [1.82, 2.24) is 15.5 Å². The maximum atomic E-state index is 13.7. The van der Waals surface area contributed by atoms with Crippen molar-refractivity contribution in [3.8, 4) is 5.75 Å². The average Bonchev–Trinajstić information content (AvgIpc) is 2.83. The van der Waals surface area contributed by atoms with Gasteiger partial charge in [-0.15, -0.1) is 0 Å². The van der Waals surface area contributed by atoms with Gasteiger partial charge in [0.1, 0.15) is 23.4 Å². The molecule has 0 heterocycles. The summed E-state index contributed by atoms with van der Waals surface area (Å²) in [6.07, 6.45) is 1.81. The number of nitrogens with one attached hydrogen (secondary N) is 2. The fourth-order valence-corrected chi connectivity index (χ4v) is 3.90. The van der Waals surface area contributed by atoms with Gasteiger partial charge in [-0.25, -0.2) is 4.79 Å². The van der Waals surface area contributed by atoms with Crippen LogP contribution in [0.25, 0.3) is 0 Å². The zero-order chi connectivity index (χ0) is 27.6. The Morgan fingerprint density at radius 2 is 1.73 bits per heavy atom. The van der Waals surface area contributed by atoms with Crippen LogP contribution >= 0.6 is 0 Å². The zero-order valence-electron chi connectivity index (χ0n) is 22.8. The van der Waals surface area contributed by atoms with E-state index in [1.54, 1.807) is 46.8 Å². The summed E-state index contributed by atoms with van der Waals surface area (Å²) in [4.78, 5) is 41.2. The SMILES string of the molecule is CCCCCN(C(=O)C(C)NC(=O)OC(C)(C)C)C(C(=O)NCc1ccccc1)c1ccc(O)c(C)c1. The highest BCUT2D eigenvalue weighted by Gasteiger charge is 2.34. The molecule has 37 heavy (non-hydrogen) atoms. The van der Waals surface area contributed by atoms with Crippen molar-refractivity contribution in [2.45, 2.75) is 85.0 Å². The number of phenolic OH excluding ortho intramolecular Hbond substituents is 1. The van der Waals surface area contributed by atoms with E-state index in [1.165, 1.54) is 11.0 Å². The van der Waals surface area contributed by atoms with Gasteiger partial charge in [0.2, 0.25) is 11.8 Å². The minimum Gasteiger partial charge on any atom is -0.508 e. The molecular formula is C29H41N3O5. The molecule has 0 saturated carbocycles. The van der Waals surface area contributed by atoms with Crippen molar-refractivity contribution >= 4 is 17.9 Å². The monoisotopic (exact) mass is 511 g/mol. The third-order valence-corrected chi connectivity index (χ3v) is 5.80. The van der Waals surface area contributed by atoms with E-state index in [0.717, 1.165) is 18.4 Å². The summed E-state index contributed by atoms with van der Waals surface area (Å²) >= 11 is 0. The molecule has 0 aliphatic rings. The van der Waals surface area contributed by atoms with Gasteiger partial charge in [0, 0.05) is 13.1 Å². The lowest BCUT2D eigenvalue weighted by Crippen LogP contribution is -2.52. The number of nitrogens with zero attached hydrogens (tertiary/aromatic N) is 1. The third kappa shape index (κ3) is 9.44. The third-order valence-electron chi connectivity index (χ3n) is 5.80. The van der Waals surface area contributed by atoms with E-state index in [2.05, 4.69) is 17.6 Å². The molecule has 8 heteroatoms. The standard InChI is InChI=1S/C29H41N3O5/c1-7-8-12-17-32(27(35)21(3)31-28(36)37-29(4,5)6)25(23-15-16-24(33)20(2)18-23)26(34)30-19-22-13-10-9-11-14-22/h9-11,13-16,18,21,25,33H,7-8,12,17,19H2,1-6H3,(H,30,34)(H,31,36). The first kappa shape index (κ1) is 29.7. The second-order valence-corrected chi connectivity index (χ2v) is 10.3. The van der Waals surface area contributed by atoms with Gasteiger partial charge in [-0.3, -0.25) is 9.59 Å². The zero-order valence-corrected chi connectivity index (χ0v) is 22.8. The summed E-state index contributed by atoms with van der Waals surface area (Å²) in [7, 11) is 0. The Balaban J connectivity index is 2.39. The van der Waals surface area contributed by atoms with Crippen molar-refractivity contribution in [2.75, 3.05) is 6.54 Å². The number of alkyl carbamates (subject to hydrolysis) is 1. The lowest BCUT2D eigenvalue weighted by molar-refractivity contribution is -0.142. The van der Waals surface area contributed by atoms with Gasteiger partial charge in [0.25, 0.3) is 0 Å². The van der Waals surface area contributed by atoms with Crippen LogP contribution in [0.15, 0.2) is 48.5 Å². The molecule has 3 amide bonds. The first-order valence-electron chi connectivity index (χ1n) is 12.8. The lowest BCUT2D eigenvalue weighted by atomic mass is 9.99. The van der Waals surface area contributed by atoms with E-state index in [4.69, 9.17) is 4.74 Å². The minimum atomic E-state index is -0.949. The summed E-state index contributed by atoms with van der Waals surface area (Å²) in [5.41, 5.74) is 1.40. The van der Waals surface area contributed by atoms with Crippen LogP contribution < -0.4 is 10.6 Å². The number of aryl methyl sites for hydroxylation is 1. The average molecular weight is 512 g/mol. The van der Waals surface area contributed by atoms with Gasteiger partial charge in [-0.05, 0) is 69.9 Å². The normalized spacial score (nSPS) is 12.8. The number of carbonyl (C=O) groups excluding carboxylic acids is 3. The second-order valence-electron chi connectivity index (χ2n) is 10.3. The molecule has 0 spiro atoms. The number of rotatable bonds is 11. The van der Waals surface area contributed by atoms with E-state index in [9.17, 15) is 19.5 Å². The Kier molecular flexibility index (Phi) is 11.0. The quantitative estimate of drug-likeness (QED) is 0.368. The number of unbranched alkanes of at least 4 members (excludes halogenated alkanes) is 2. The number of benzene rings is 2. The number of amides is 3. The smallest absolute Gasteiger partial charge is 0.408 e. The van der Waals surface area contributed by atoms with E-state index in [1.807, 2.05) is 30.3 Å². The summed E-state index contributed by atoms with van der Waals surface area (Å²) < 4.78 is 5.32. The molecule has 0 aromatic heterocycles. The second kappa shape index (κ2) is 13.7. The highest BCUT2D eigenvalue weighted by Crippen LogP contribution is 2.27. The van der Waals surface area contributed by atoms with Gasteiger partial charge in [-0.1, -0.05) is 56.2 Å². The Bertz CT molecular complexity index is 1050. The van der Waals surface area contributed by atoms with Crippen LogP contribution in [0.3, 0.4) is 0 Å². The summed E-state index contributed by atoms with van der Waals surface area (Å²) in [5.74, 6) is -0.633. The largest absolute Gasteiger partial charge is 0.508 e. The summed E-state index contributed by atoms with van der Waals surface area (Å²) in [5, 5.41) is 15.6. The van der Waals surface area contributed by atoms with Crippen molar-refractivity contribution < 1.29 is 24.2 Å². The summed E-state index contributed by atoms with van der Waals surface area (Å²) in [6.45, 7) is 11.3. The number of phenols is 1. The van der Waals surface area contributed by atoms with Gasteiger partial charge >= 0.3 is 6.09 Å². The Hall–Kier alpha value is -3.55. The first-order valence-corrected chi connectivity index (χ1v) is 12.8. The predicted molar refractivity (Wildman–Crippen MR) is 144 cm³/mol. The highest BCUT2D eigenvalue weighted by molar-refractivity contribution is 5.92. The fourth-order valence-electron chi connectivity index (χ4n) is 3.90. The maximum absolute atomic E-state index is 13.7. The van der Waals surface area contributed by atoms with Crippen molar-refractivity contribution in [1.29, 1.82) is 0 Å². The minimum absolute atomic E-state index is 0.107. The van der Waals surface area contributed by atoms with Crippen LogP contribution in [-0.4, -0.2) is 46.1 Å². The predicted octanol–water partition coefficient (Wildman–Crippen LogP) is 4.99. The number of carbonyl (C=O) groups is 3. The molecule has 0 aliphatic heterocycles. The van der Waals surface area contributed by atoms with Crippen molar-refractivity contribution in [3.63, 3.8) is 0 Å². The molecule has 0 fully saturated rings. The van der Waals surface area contributed by atoms with E-state index in [-0.39, 0.29) is 11.7 Å². The molecule has 2 unspecified atom stereocenters. The maximum Gasteiger partial charge on any atom is 0.408 e. The molecule has 0 radical (unpaired) electrons. The fraction of sp³-hybridized carbons (Fsp3) is 0.483. The van der Waals surface area contributed by atoms with Gasteiger partial charge in [0.15, 0.2) is 0 Å². The molecule has 0 saturated heterocycles. The molecule has 2 rings (SSSR count). The topological polar surface area (TPSA) is 108 Å². The number of ether oxygens (including phenoxy) is 1. The van der Waals surface area contributed by atoms with Crippen LogP contribution in [0.2, 0.25) is 0 Å². The van der Waals surface area contributed by atoms with E-state index < -0.39 is 29.7 Å². The number of hydrogen-bond acceptors (Lipinski definition) is 5. The summed E-state index contributed by atoms with van der Waals surface area (Å²) in [6, 6.07) is 12.6. The Morgan fingerprint density at radius 3 is 2.32 bits per heavy atom. The molecule has 202 valence electrons. The molecule has 2 aromatic carbocycles. The van der Waals surface area contributed by atoms with Crippen LogP contribution in [0.4, 0.5) is 4.79 Å². The van der Waals surface area contributed by atoms with Crippen LogP contribution in [0.5, 0.6) is 5.75 Å². The van der Waals surface area contributed by atoms with Gasteiger partial charge in [-0.2, -0.15) is 0 Å². The van der Waals surface area contributed by atoms with Crippen LogP contribution in [0, 0.1) is 6.92 Å². The Morgan fingerprint density at radius 1 is 1.05 bits per heavy atom. The van der Waals surface area contributed by atoms with Gasteiger partial charge < -0.3 is 25.4 Å². The number of hydrogen-bond donors (Lipinski definition) is 3. The van der Waals surface area contributed by atoms with E-state index >= 15 is 0 Å². The molecule has 3 N–H and O–H groups in total. The number of aromatic hydroxyl groups is 1. The molecule has 8 nitrogen and oxygen atoms in total. The molecule has 0 bridgehead atoms. The molecular weight excluding hydrogens is 470 g/mol. The lowest BCUT2D eigenvalue weighted by Gasteiger charge is -2.34. The van der Waals surface area contributed by atoms with Crippen LogP contribution in [-0.2, 0) is 20.9 Å². The van der Waals surface area contributed by atoms with Crippen molar-refractivity contribution in [3.05, 3.63) is 65.2 Å². The molecule has 2 atom stereocenters. The molecule has 2 aromatic rings. The molecule has 0 aliphatic carbocycles. The van der Waals surface area contributed by atoms with Crippen molar-refractivity contribution in [2.24, 2.45) is 0 Å². The van der Waals surface area contributed by atoms with Gasteiger partial charge in [0.05, 0.1) is 0 Å². The van der Waals surface area contributed by atoms with E-state index in [0.29, 0.717) is 30.6 Å². The highest BCUT2D eigenvalue weighted by atomic mass is 16.6. The Labute approximate surface area is 220 Å².